The molecule has 0 rings (SSSR count). The average molecular weight is 245 g/mol. The molecule has 2 atom stereocenters. The van der Waals surface area contributed by atoms with Gasteiger partial charge < -0.3 is 17.2 Å². The van der Waals surface area contributed by atoms with Gasteiger partial charge in [0.05, 0.1) is 6.04 Å². The lowest BCUT2D eigenvalue weighted by atomic mass is 9.97. The molecule has 0 heterocycles. The minimum absolute atomic E-state index is 0.174. The summed E-state index contributed by atoms with van der Waals surface area (Å²) in [6, 6.07) is -1.33. The number of primary amides is 1. The second-order valence-corrected chi connectivity index (χ2v) is 4.54. The van der Waals surface area contributed by atoms with Crippen molar-refractivity contribution in [2.45, 2.75) is 24.9 Å². The summed E-state index contributed by atoms with van der Waals surface area (Å²) < 4.78 is 0. The van der Waals surface area contributed by atoms with Crippen molar-refractivity contribution in [1.29, 1.82) is 0 Å². The van der Waals surface area contributed by atoms with Gasteiger partial charge in [0.1, 0.15) is 0 Å². The molecule has 0 aliphatic carbocycles. The molecule has 6 N–H and O–H groups in total. The Morgan fingerprint density at radius 2 is 1.88 bits per heavy atom. The molecule has 0 radical (unpaired) electrons. The summed E-state index contributed by atoms with van der Waals surface area (Å²) in [5, 5.41) is 0. The predicted octanol–water partition coefficient (Wildman–Crippen LogP) is -0.605. The van der Waals surface area contributed by atoms with E-state index in [4.69, 9.17) is 17.2 Å². The van der Waals surface area contributed by atoms with Crippen molar-refractivity contribution in [2.75, 3.05) is 12.0 Å². The summed E-state index contributed by atoms with van der Waals surface area (Å²) in [5.41, 5.74) is 16.5. The molecule has 0 aliphatic heterocycles. The van der Waals surface area contributed by atoms with E-state index in [1.54, 1.807) is 11.8 Å². The third-order valence-corrected chi connectivity index (χ3v) is 2.80. The molecule has 1 amide bonds. The largest absolute Gasteiger partial charge is 0.370 e. The zero-order chi connectivity index (χ0) is 12.7. The first kappa shape index (κ1) is 15.2. The van der Waals surface area contributed by atoms with Crippen molar-refractivity contribution in [3.8, 4) is 0 Å². The van der Waals surface area contributed by atoms with E-state index >= 15 is 0 Å². The highest BCUT2D eigenvalue weighted by molar-refractivity contribution is 7.98. The minimum atomic E-state index is -0.926. The van der Waals surface area contributed by atoms with Gasteiger partial charge in [-0.2, -0.15) is 11.8 Å². The van der Waals surface area contributed by atoms with Crippen molar-refractivity contribution < 1.29 is 9.59 Å². The minimum Gasteiger partial charge on any atom is -0.370 e. The van der Waals surface area contributed by atoms with E-state index in [1.807, 2.05) is 6.26 Å². The van der Waals surface area contributed by atoms with Crippen molar-refractivity contribution in [1.82, 2.24) is 0 Å². The molecule has 0 aliphatic rings. The summed E-state index contributed by atoms with van der Waals surface area (Å²) in [5.74, 6) is -0.142. The normalized spacial score (nSPS) is 14.2. The van der Waals surface area contributed by atoms with Crippen LogP contribution >= 0.6 is 11.8 Å². The molecule has 92 valence electrons. The lowest BCUT2D eigenvalue weighted by Gasteiger charge is -2.16. The Bertz CT molecular complexity index is 281. The lowest BCUT2D eigenvalue weighted by molar-refractivity contribution is -0.123. The molecule has 0 aromatic heterocycles. The maximum Gasteiger partial charge on any atom is 0.219 e. The predicted molar refractivity (Wildman–Crippen MR) is 66.9 cm³/mol. The SMILES string of the molecule is C=C(C(=O)[C@@H](N)CC(N)=O)[C@@H](N)CCSC. The van der Waals surface area contributed by atoms with Crippen LogP contribution in [0.2, 0.25) is 0 Å². The van der Waals surface area contributed by atoms with Gasteiger partial charge in [-0.25, -0.2) is 0 Å². The van der Waals surface area contributed by atoms with Gasteiger partial charge in [-0.15, -0.1) is 0 Å². The summed E-state index contributed by atoms with van der Waals surface area (Å²) >= 11 is 1.64. The Labute approximate surface area is 99.8 Å². The highest BCUT2D eigenvalue weighted by Gasteiger charge is 2.22. The van der Waals surface area contributed by atoms with E-state index in [0.717, 1.165) is 5.75 Å². The highest BCUT2D eigenvalue weighted by Crippen LogP contribution is 2.09. The fourth-order valence-electron chi connectivity index (χ4n) is 1.15. The Kier molecular flexibility index (Phi) is 7.03. The number of carbonyl (C=O) groups excluding carboxylic acids is 2. The van der Waals surface area contributed by atoms with E-state index in [2.05, 4.69) is 6.58 Å². The van der Waals surface area contributed by atoms with Crippen LogP contribution in [0.3, 0.4) is 0 Å². The maximum absolute atomic E-state index is 11.7. The number of hydrogen-bond donors (Lipinski definition) is 3. The fraction of sp³-hybridized carbons (Fsp3) is 0.600. The third kappa shape index (κ3) is 5.29. The van der Waals surface area contributed by atoms with Crippen LogP contribution in [0.1, 0.15) is 12.8 Å². The quantitative estimate of drug-likeness (QED) is 0.494. The Morgan fingerprint density at radius 1 is 1.31 bits per heavy atom. The molecular formula is C10H19N3O2S. The van der Waals surface area contributed by atoms with Gasteiger partial charge in [0.2, 0.25) is 5.91 Å². The zero-order valence-corrected chi connectivity index (χ0v) is 10.3. The molecule has 5 nitrogen and oxygen atoms in total. The van der Waals surface area contributed by atoms with E-state index in [9.17, 15) is 9.59 Å². The van der Waals surface area contributed by atoms with Crippen LogP contribution < -0.4 is 17.2 Å². The van der Waals surface area contributed by atoms with Crippen molar-refractivity contribution in [2.24, 2.45) is 17.2 Å². The van der Waals surface area contributed by atoms with Crippen molar-refractivity contribution >= 4 is 23.5 Å². The third-order valence-electron chi connectivity index (χ3n) is 2.15. The number of amides is 1. The summed E-state index contributed by atoms with van der Waals surface area (Å²) in [4.78, 5) is 22.3. The molecule has 0 fully saturated rings. The summed E-state index contributed by atoms with van der Waals surface area (Å²) in [6.07, 6.45) is 2.44. The van der Waals surface area contributed by atoms with Gasteiger partial charge in [-0.3, -0.25) is 9.59 Å². The van der Waals surface area contributed by atoms with Crippen molar-refractivity contribution in [3.63, 3.8) is 0 Å². The molecular weight excluding hydrogens is 226 g/mol. The molecule has 0 spiro atoms. The van der Waals surface area contributed by atoms with E-state index in [-0.39, 0.29) is 17.8 Å². The van der Waals surface area contributed by atoms with Crippen molar-refractivity contribution in [3.05, 3.63) is 12.2 Å². The van der Waals surface area contributed by atoms with Crippen LogP contribution in [0.4, 0.5) is 0 Å². The number of carbonyl (C=O) groups is 2. The number of Topliss-reactive ketones (excluding diaryl/α,β-unsaturated/α-hetero) is 1. The second kappa shape index (κ2) is 7.43. The molecule has 0 aromatic carbocycles. The lowest BCUT2D eigenvalue weighted by Crippen LogP contribution is -2.40. The summed E-state index contributed by atoms with van der Waals surface area (Å²) in [7, 11) is 0. The highest BCUT2D eigenvalue weighted by atomic mass is 32.2. The Balaban J connectivity index is 4.26. The maximum atomic E-state index is 11.7. The van der Waals surface area contributed by atoms with E-state index in [0.29, 0.717) is 6.42 Å². The van der Waals surface area contributed by atoms with Crippen LogP contribution in [0, 0.1) is 0 Å². The van der Waals surface area contributed by atoms with Gasteiger partial charge in [0.25, 0.3) is 0 Å². The van der Waals surface area contributed by atoms with Crippen LogP contribution in [0.5, 0.6) is 0 Å². The number of thioether (sulfide) groups is 1. The molecule has 0 unspecified atom stereocenters. The number of hydrogen-bond acceptors (Lipinski definition) is 5. The number of nitrogens with two attached hydrogens (primary N) is 3. The first-order chi connectivity index (χ1) is 7.40. The Hall–Kier alpha value is -0.850. The standard InChI is InChI=1S/C10H19N3O2S/c1-6(7(11)3-4-16-2)10(15)8(12)5-9(13)14/h7-8H,1,3-5,11-12H2,2H3,(H2,13,14)/t7-,8-/m0/s1. The molecule has 0 aromatic rings. The van der Waals surface area contributed by atoms with E-state index in [1.165, 1.54) is 0 Å². The molecule has 0 saturated heterocycles. The van der Waals surface area contributed by atoms with Gasteiger partial charge in [0.15, 0.2) is 5.78 Å². The van der Waals surface area contributed by atoms with Gasteiger partial charge in [0, 0.05) is 18.0 Å². The molecule has 0 saturated carbocycles. The van der Waals surface area contributed by atoms with Crippen LogP contribution in [-0.4, -0.2) is 35.8 Å². The number of ketones is 1. The van der Waals surface area contributed by atoms with E-state index < -0.39 is 18.0 Å². The van der Waals surface area contributed by atoms with Gasteiger partial charge in [-0.05, 0) is 18.4 Å². The molecule has 0 bridgehead atoms. The first-order valence-corrected chi connectivity index (χ1v) is 6.31. The fourth-order valence-corrected chi connectivity index (χ4v) is 1.64. The zero-order valence-electron chi connectivity index (χ0n) is 9.44. The van der Waals surface area contributed by atoms with Crippen LogP contribution in [0.15, 0.2) is 12.2 Å². The van der Waals surface area contributed by atoms with Gasteiger partial charge >= 0.3 is 0 Å². The molecule has 16 heavy (non-hydrogen) atoms. The van der Waals surface area contributed by atoms with Crippen LogP contribution in [0.25, 0.3) is 0 Å². The van der Waals surface area contributed by atoms with Crippen LogP contribution in [-0.2, 0) is 9.59 Å². The number of rotatable bonds is 8. The first-order valence-electron chi connectivity index (χ1n) is 4.91. The average Bonchev–Trinajstić information content (AvgIpc) is 2.22. The molecule has 6 heteroatoms. The van der Waals surface area contributed by atoms with Gasteiger partial charge in [-0.1, -0.05) is 6.58 Å². The smallest absolute Gasteiger partial charge is 0.219 e. The summed E-state index contributed by atoms with van der Waals surface area (Å²) in [6.45, 7) is 3.62. The topological polar surface area (TPSA) is 112 Å². The monoisotopic (exact) mass is 245 g/mol. The Morgan fingerprint density at radius 3 is 2.31 bits per heavy atom. The second-order valence-electron chi connectivity index (χ2n) is 3.55.